The first kappa shape index (κ1) is 32.3. The number of halogens is 4. The molecule has 1 aromatic carbocycles. The van der Waals surface area contributed by atoms with Gasteiger partial charge in [-0.3, -0.25) is 9.36 Å². The van der Waals surface area contributed by atoms with Crippen LogP contribution in [0.5, 0.6) is 0 Å². The number of alkyl halides is 3. The first-order valence-electron chi connectivity index (χ1n) is 14.9. The minimum Gasteiger partial charge on any atom is -0.381 e. The molecule has 2 aromatic heterocycles. The molecule has 14 heteroatoms. The van der Waals surface area contributed by atoms with Crippen molar-refractivity contribution in [2.75, 3.05) is 42.6 Å². The van der Waals surface area contributed by atoms with Gasteiger partial charge in [0.15, 0.2) is 0 Å². The Morgan fingerprint density at radius 2 is 1.89 bits per heavy atom. The van der Waals surface area contributed by atoms with Gasteiger partial charge in [-0.15, -0.1) is 0 Å². The van der Waals surface area contributed by atoms with Gasteiger partial charge in [0.2, 0.25) is 5.95 Å². The minimum absolute atomic E-state index is 0.216. The predicted octanol–water partition coefficient (Wildman–Crippen LogP) is 5.51. The summed E-state index contributed by atoms with van der Waals surface area (Å²) in [6.45, 7) is 6.48. The van der Waals surface area contributed by atoms with Crippen LogP contribution in [-0.4, -0.2) is 74.5 Å². The molecule has 2 fully saturated rings. The van der Waals surface area contributed by atoms with E-state index in [1.165, 1.54) is 12.1 Å². The van der Waals surface area contributed by atoms with Crippen LogP contribution in [0, 0.1) is 11.7 Å². The van der Waals surface area contributed by atoms with E-state index < -0.39 is 35.2 Å². The van der Waals surface area contributed by atoms with Gasteiger partial charge in [-0.2, -0.15) is 18.2 Å². The van der Waals surface area contributed by atoms with Gasteiger partial charge in [-0.1, -0.05) is 6.07 Å². The number of anilines is 2. The molecule has 0 bridgehead atoms. The van der Waals surface area contributed by atoms with Crippen molar-refractivity contribution < 1.29 is 26.5 Å². The molecule has 1 unspecified atom stereocenters. The topological polar surface area (TPSA) is 101 Å². The second kappa shape index (κ2) is 13.5. The molecule has 44 heavy (non-hydrogen) atoms. The molecule has 2 N–H and O–H groups in total. The third kappa shape index (κ3) is 7.75. The van der Waals surface area contributed by atoms with Crippen LogP contribution >= 0.6 is 0 Å². The highest BCUT2D eigenvalue weighted by Gasteiger charge is 2.29. The number of benzene rings is 1. The molecule has 240 valence electrons. The third-order valence-electron chi connectivity index (χ3n) is 8.27. The van der Waals surface area contributed by atoms with Gasteiger partial charge in [-0.25, -0.2) is 13.6 Å². The maximum Gasteiger partial charge on any atom is 0.390 e. The predicted molar refractivity (Wildman–Crippen MR) is 163 cm³/mol. The first-order chi connectivity index (χ1) is 20.9. The molecule has 0 amide bonds. The Bertz CT molecular complexity index is 1550. The van der Waals surface area contributed by atoms with Crippen LogP contribution in [0.15, 0.2) is 35.3 Å². The van der Waals surface area contributed by atoms with E-state index in [9.17, 15) is 26.6 Å². The maximum absolute atomic E-state index is 14.9. The van der Waals surface area contributed by atoms with Crippen molar-refractivity contribution in [1.29, 1.82) is 0 Å². The van der Waals surface area contributed by atoms with Crippen LogP contribution in [0.4, 0.5) is 29.2 Å². The van der Waals surface area contributed by atoms with E-state index in [1.54, 1.807) is 16.8 Å². The minimum atomic E-state index is -4.46. The monoisotopic (exact) mass is 638 g/mol. The summed E-state index contributed by atoms with van der Waals surface area (Å²) in [5.41, 5.74) is 0.360. The number of aromatic nitrogens is 3. The number of ether oxygens (including phenoxy) is 1. The van der Waals surface area contributed by atoms with Crippen molar-refractivity contribution in [2.45, 2.75) is 70.3 Å². The summed E-state index contributed by atoms with van der Waals surface area (Å²) in [5.74, 6) is -0.469. The smallest absolute Gasteiger partial charge is 0.381 e. The summed E-state index contributed by atoms with van der Waals surface area (Å²) in [6.07, 6.45) is 0.0390. The second-order valence-electron chi connectivity index (χ2n) is 12.0. The molecule has 0 spiro atoms. The standard InChI is InChI=1S/C30H38F4N6O3S/c1-18(2)40-27-21(14-35-29(37-27)36-22-5-7-23(8-6-22)39(3)15-19-16-43-17-19)12-24(28(40)41)20-4-9-26(25(31)13-20)38-44(42)11-10-30(32,33)34/h4,9,12-14,18-19,22-23,38H,5-8,10-11,15-17H2,1-3H3,(H,35,36,37). The summed E-state index contributed by atoms with van der Waals surface area (Å²) < 4.78 is 73.3. The quantitative estimate of drug-likeness (QED) is 0.267. The maximum atomic E-state index is 14.9. The Hall–Kier alpha value is -3.10. The fraction of sp³-hybridized carbons (Fsp3) is 0.567. The lowest BCUT2D eigenvalue weighted by Crippen LogP contribution is -2.44. The van der Waals surface area contributed by atoms with E-state index in [4.69, 9.17) is 9.72 Å². The first-order valence-corrected chi connectivity index (χ1v) is 16.2. The van der Waals surface area contributed by atoms with E-state index in [0.717, 1.165) is 51.5 Å². The average molecular weight is 639 g/mol. The van der Waals surface area contributed by atoms with Crippen molar-refractivity contribution in [3.8, 4) is 11.1 Å². The Morgan fingerprint density at radius 3 is 2.50 bits per heavy atom. The van der Waals surface area contributed by atoms with E-state index in [0.29, 0.717) is 28.9 Å². The van der Waals surface area contributed by atoms with Crippen molar-refractivity contribution in [1.82, 2.24) is 19.4 Å². The van der Waals surface area contributed by atoms with Crippen molar-refractivity contribution in [2.24, 2.45) is 5.92 Å². The molecular weight excluding hydrogens is 600 g/mol. The summed E-state index contributed by atoms with van der Waals surface area (Å²) in [7, 11) is 0.0613. The SMILES string of the molecule is CC(C)n1c(=O)c(-c2ccc(NS(=O)CCC(F)(F)F)c(F)c2)cc2cnc(NC3CCC(N(C)CC4COC4)CC3)nc21. The number of hydrogen-bond acceptors (Lipinski definition) is 7. The van der Waals surface area contributed by atoms with Crippen LogP contribution in [-0.2, 0) is 15.7 Å². The Morgan fingerprint density at radius 1 is 1.16 bits per heavy atom. The number of hydrogen-bond donors (Lipinski definition) is 2. The van der Waals surface area contributed by atoms with Crippen LogP contribution in [0.25, 0.3) is 22.2 Å². The van der Waals surface area contributed by atoms with Gasteiger partial charge in [0.25, 0.3) is 5.56 Å². The molecule has 9 nitrogen and oxygen atoms in total. The third-order valence-corrected chi connectivity index (χ3v) is 9.29. The highest BCUT2D eigenvalue weighted by molar-refractivity contribution is 7.86. The summed E-state index contributed by atoms with van der Waals surface area (Å²) in [5, 5.41) is 4.05. The lowest BCUT2D eigenvalue weighted by molar-refractivity contribution is -0.129. The highest BCUT2D eigenvalue weighted by Crippen LogP contribution is 2.29. The van der Waals surface area contributed by atoms with E-state index in [1.807, 2.05) is 13.8 Å². The van der Waals surface area contributed by atoms with E-state index in [2.05, 4.69) is 27.0 Å². The van der Waals surface area contributed by atoms with Crippen LogP contribution < -0.4 is 15.6 Å². The van der Waals surface area contributed by atoms with Crippen molar-refractivity contribution in [3.63, 3.8) is 0 Å². The zero-order valence-electron chi connectivity index (χ0n) is 25.0. The highest BCUT2D eigenvalue weighted by atomic mass is 32.2. The molecule has 1 atom stereocenters. The van der Waals surface area contributed by atoms with Gasteiger partial charge in [0.1, 0.15) is 22.5 Å². The number of pyridine rings is 1. The molecule has 1 saturated carbocycles. The normalized spacial score (nSPS) is 20.2. The van der Waals surface area contributed by atoms with Crippen LogP contribution in [0.2, 0.25) is 0 Å². The van der Waals surface area contributed by atoms with E-state index >= 15 is 0 Å². The van der Waals surface area contributed by atoms with E-state index in [-0.39, 0.29) is 34.5 Å². The molecular formula is C30H38F4N6O3S. The Labute approximate surface area is 256 Å². The second-order valence-corrected chi connectivity index (χ2v) is 13.3. The van der Waals surface area contributed by atoms with Gasteiger partial charge < -0.3 is 19.7 Å². The number of rotatable bonds is 11. The van der Waals surface area contributed by atoms with Gasteiger partial charge in [0, 0.05) is 47.7 Å². The van der Waals surface area contributed by atoms with Gasteiger partial charge >= 0.3 is 6.18 Å². The summed E-state index contributed by atoms with van der Waals surface area (Å²) in [6, 6.07) is 5.93. The van der Waals surface area contributed by atoms with Crippen molar-refractivity contribution >= 4 is 33.7 Å². The zero-order valence-corrected chi connectivity index (χ0v) is 25.8. The van der Waals surface area contributed by atoms with Crippen molar-refractivity contribution in [3.05, 3.63) is 46.6 Å². The summed E-state index contributed by atoms with van der Waals surface area (Å²) >= 11 is 0. The van der Waals surface area contributed by atoms with Gasteiger partial charge in [0.05, 0.1) is 31.1 Å². The number of nitrogens with one attached hydrogen (secondary N) is 2. The fourth-order valence-electron chi connectivity index (χ4n) is 5.81. The van der Waals surface area contributed by atoms with Crippen LogP contribution in [0.1, 0.15) is 52.0 Å². The molecule has 5 rings (SSSR count). The van der Waals surface area contributed by atoms with Gasteiger partial charge in [-0.05, 0) is 70.3 Å². The average Bonchev–Trinajstić information content (AvgIpc) is 2.94. The zero-order chi connectivity index (χ0) is 31.6. The molecule has 1 saturated heterocycles. The largest absolute Gasteiger partial charge is 0.390 e. The Kier molecular flexibility index (Phi) is 9.90. The molecule has 1 aliphatic heterocycles. The molecule has 3 heterocycles. The molecule has 1 aliphatic carbocycles. The Balaban J connectivity index is 1.31. The lowest BCUT2D eigenvalue weighted by atomic mass is 9.90. The number of nitrogens with zero attached hydrogens (tertiary/aromatic N) is 4. The van der Waals surface area contributed by atoms with Crippen LogP contribution in [0.3, 0.4) is 0 Å². The number of fused-ring (bicyclic) bond motifs is 1. The molecule has 0 radical (unpaired) electrons. The lowest BCUT2D eigenvalue weighted by Gasteiger charge is -2.38. The molecule has 3 aromatic rings. The molecule has 2 aliphatic rings. The fourth-order valence-corrected chi connectivity index (χ4v) is 6.74. The summed E-state index contributed by atoms with van der Waals surface area (Å²) in [4.78, 5) is 25.3.